The molecular formula is C23H25N7O5. The second-order valence-corrected chi connectivity index (χ2v) is 8.26. The summed E-state index contributed by atoms with van der Waals surface area (Å²) in [5.41, 5.74) is 0.712. The van der Waals surface area contributed by atoms with Crippen molar-refractivity contribution in [2.75, 3.05) is 36.5 Å². The summed E-state index contributed by atoms with van der Waals surface area (Å²) in [5, 5.41) is 5.63. The summed E-state index contributed by atoms with van der Waals surface area (Å²) in [6, 6.07) is 3.96. The first-order chi connectivity index (χ1) is 17.2. The van der Waals surface area contributed by atoms with Gasteiger partial charge >= 0.3 is 6.01 Å². The molecule has 1 atom stereocenters. The predicted octanol–water partition coefficient (Wildman–Crippen LogP) is 1.68. The minimum absolute atomic E-state index is 0.00248. The lowest BCUT2D eigenvalue weighted by Crippen LogP contribution is -2.38. The van der Waals surface area contributed by atoms with Gasteiger partial charge in [-0.1, -0.05) is 0 Å². The Kier molecular flexibility index (Phi) is 6.80. The van der Waals surface area contributed by atoms with Crippen LogP contribution in [0, 0.1) is 0 Å². The van der Waals surface area contributed by atoms with E-state index in [-0.39, 0.29) is 23.7 Å². The van der Waals surface area contributed by atoms with E-state index in [4.69, 9.17) is 13.9 Å². The van der Waals surface area contributed by atoms with Crippen LogP contribution in [-0.2, 0) is 4.74 Å². The van der Waals surface area contributed by atoms with Crippen LogP contribution in [0.2, 0.25) is 0 Å². The third kappa shape index (κ3) is 5.54. The van der Waals surface area contributed by atoms with Crippen molar-refractivity contribution in [3.8, 4) is 6.01 Å². The molecule has 3 aromatic rings. The number of carbonyl (C=O) groups excluding carboxylic acids is 2. The van der Waals surface area contributed by atoms with Crippen LogP contribution in [0.25, 0.3) is 0 Å². The van der Waals surface area contributed by atoms with E-state index in [0.717, 1.165) is 19.3 Å². The van der Waals surface area contributed by atoms with Gasteiger partial charge in [0.2, 0.25) is 0 Å². The highest BCUT2D eigenvalue weighted by atomic mass is 16.5. The molecule has 0 aliphatic carbocycles. The molecule has 0 spiro atoms. The summed E-state index contributed by atoms with van der Waals surface area (Å²) in [6.45, 7) is 2.39. The molecule has 2 saturated heterocycles. The van der Waals surface area contributed by atoms with Gasteiger partial charge in [-0.15, -0.1) is 0 Å². The Balaban J connectivity index is 1.18. The zero-order valence-electron chi connectivity index (χ0n) is 18.9. The highest BCUT2D eigenvalue weighted by Crippen LogP contribution is 2.22. The van der Waals surface area contributed by atoms with Gasteiger partial charge in [-0.2, -0.15) is 4.98 Å². The Morgan fingerprint density at radius 2 is 1.91 bits per heavy atom. The molecule has 2 fully saturated rings. The molecule has 0 bridgehead atoms. The van der Waals surface area contributed by atoms with Crippen molar-refractivity contribution < 1.29 is 23.5 Å². The highest BCUT2D eigenvalue weighted by molar-refractivity contribution is 6.08. The minimum atomic E-state index is -0.495. The van der Waals surface area contributed by atoms with Crippen LogP contribution in [0.5, 0.6) is 6.01 Å². The van der Waals surface area contributed by atoms with Gasteiger partial charge in [0.1, 0.15) is 12.4 Å². The molecule has 0 saturated carbocycles. The highest BCUT2D eigenvalue weighted by Gasteiger charge is 2.26. The maximum absolute atomic E-state index is 12.8. The van der Waals surface area contributed by atoms with Crippen LogP contribution < -0.4 is 20.3 Å². The van der Waals surface area contributed by atoms with Gasteiger partial charge in [-0.05, 0) is 18.6 Å². The molecule has 2 amide bonds. The number of carbonyl (C=O) groups is 2. The van der Waals surface area contributed by atoms with Crippen LogP contribution in [0.1, 0.15) is 40.1 Å². The summed E-state index contributed by atoms with van der Waals surface area (Å²) >= 11 is 0. The quantitative estimate of drug-likeness (QED) is 0.513. The molecule has 2 aliphatic rings. The number of piperidine rings is 1. The van der Waals surface area contributed by atoms with E-state index >= 15 is 0 Å². The number of ether oxygens (including phenoxy) is 2. The SMILES string of the molecule is O=C(Nc1cnccc1C(=O)N[C@@H]1CCOC1)c1coc(N2CCC(Oc3ncccn3)CC2)n1. The molecule has 0 unspecified atom stereocenters. The first-order valence-corrected chi connectivity index (χ1v) is 11.4. The zero-order valence-corrected chi connectivity index (χ0v) is 18.9. The van der Waals surface area contributed by atoms with E-state index in [9.17, 15) is 9.59 Å². The van der Waals surface area contributed by atoms with Crippen LogP contribution in [0.3, 0.4) is 0 Å². The lowest BCUT2D eigenvalue weighted by molar-refractivity contribution is 0.0930. The fraction of sp³-hybridized carbons (Fsp3) is 0.391. The first kappa shape index (κ1) is 22.7. The maximum Gasteiger partial charge on any atom is 0.316 e. The Hall–Kier alpha value is -4.06. The van der Waals surface area contributed by atoms with Crippen molar-refractivity contribution in [1.29, 1.82) is 0 Å². The van der Waals surface area contributed by atoms with Crippen LogP contribution in [0.4, 0.5) is 11.7 Å². The number of rotatable bonds is 7. The number of aromatic nitrogens is 4. The normalized spacial score (nSPS) is 18.3. The lowest BCUT2D eigenvalue weighted by Gasteiger charge is -2.30. The molecule has 35 heavy (non-hydrogen) atoms. The first-order valence-electron chi connectivity index (χ1n) is 11.4. The summed E-state index contributed by atoms with van der Waals surface area (Å²) in [6.07, 6.45) is 9.74. The van der Waals surface area contributed by atoms with Gasteiger partial charge < -0.3 is 29.4 Å². The number of oxazole rings is 1. The number of anilines is 2. The van der Waals surface area contributed by atoms with Crippen molar-refractivity contribution in [2.45, 2.75) is 31.4 Å². The van der Waals surface area contributed by atoms with E-state index < -0.39 is 5.91 Å². The topological polar surface area (TPSA) is 145 Å². The molecule has 12 nitrogen and oxygen atoms in total. The zero-order chi connectivity index (χ0) is 24.0. The van der Waals surface area contributed by atoms with E-state index in [2.05, 4.69) is 30.6 Å². The molecule has 0 aromatic carbocycles. The third-order valence-electron chi connectivity index (χ3n) is 5.83. The van der Waals surface area contributed by atoms with Gasteiger partial charge in [-0.25, -0.2) is 9.97 Å². The summed E-state index contributed by atoms with van der Waals surface area (Å²) < 4.78 is 16.7. The molecule has 3 aromatic heterocycles. The van der Waals surface area contributed by atoms with E-state index in [1.807, 2.05) is 4.90 Å². The lowest BCUT2D eigenvalue weighted by atomic mass is 10.1. The number of amides is 2. The molecular weight excluding hydrogens is 454 g/mol. The van der Waals surface area contributed by atoms with Crippen molar-refractivity contribution in [2.24, 2.45) is 0 Å². The summed E-state index contributed by atoms with van der Waals surface area (Å²) in [5.74, 6) is -0.796. The number of nitrogens with one attached hydrogen (secondary N) is 2. The largest absolute Gasteiger partial charge is 0.460 e. The van der Waals surface area contributed by atoms with Crippen LogP contribution in [0.15, 0.2) is 47.6 Å². The molecule has 5 rings (SSSR count). The second-order valence-electron chi connectivity index (χ2n) is 8.26. The molecule has 0 radical (unpaired) electrons. The second kappa shape index (κ2) is 10.5. The van der Waals surface area contributed by atoms with E-state index in [1.165, 1.54) is 18.7 Å². The van der Waals surface area contributed by atoms with Crippen molar-refractivity contribution >= 4 is 23.5 Å². The Morgan fingerprint density at radius 3 is 2.69 bits per heavy atom. The molecule has 2 N–H and O–H groups in total. The third-order valence-corrected chi connectivity index (χ3v) is 5.83. The summed E-state index contributed by atoms with van der Waals surface area (Å²) in [4.78, 5) is 44.0. The van der Waals surface area contributed by atoms with Crippen LogP contribution in [-0.4, -0.2) is 70.2 Å². The van der Waals surface area contributed by atoms with Crippen molar-refractivity contribution in [3.63, 3.8) is 0 Å². The Bertz CT molecular complexity index is 1160. The van der Waals surface area contributed by atoms with Gasteiger partial charge in [0.25, 0.3) is 17.8 Å². The van der Waals surface area contributed by atoms with Crippen molar-refractivity contribution in [1.82, 2.24) is 25.3 Å². The Morgan fingerprint density at radius 1 is 1.09 bits per heavy atom. The summed E-state index contributed by atoms with van der Waals surface area (Å²) in [7, 11) is 0. The molecule has 12 heteroatoms. The molecule has 5 heterocycles. The fourth-order valence-electron chi connectivity index (χ4n) is 3.96. The van der Waals surface area contributed by atoms with E-state index in [0.29, 0.717) is 49.6 Å². The fourth-order valence-corrected chi connectivity index (χ4v) is 3.96. The maximum atomic E-state index is 12.8. The number of hydrogen-bond donors (Lipinski definition) is 2. The van der Waals surface area contributed by atoms with Crippen LogP contribution >= 0.6 is 0 Å². The average molecular weight is 479 g/mol. The van der Waals surface area contributed by atoms with Crippen molar-refractivity contribution in [3.05, 3.63) is 54.4 Å². The minimum Gasteiger partial charge on any atom is -0.460 e. The standard InChI is InChI=1S/C23H25N7O5/c31-20(27-15-5-11-33-13-15)17-2-8-24-12-18(17)28-21(32)19-14-34-23(29-19)30-9-3-16(4-10-30)35-22-25-6-1-7-26-22/h1-2,6-8,12,14-16H,3-5,9-11,13H2,(H,27,31)(H,28,32)/t15-/m1/s1. The molecule has 2 aliphatic heterocycles. The predicted molar refractivity (Wildman–Crippen MR) is 123 cm³/mol. The monoisotopic (exact) mass is 479 g/mol. The number of hydrogen-bond acceptors (Lipinski definition) is 10. The molecule has 182 valence electrons. The van der Waals surface area contributed by atoms with Gasteiger partial charge in [-0.3, -0.25) is 14.6 Å². The number of pyridine rings is 1. The van der Waals surface area contributed by atoms with E-state index in [1.54, 1.807) is 24.5 Å². The van der Waals surface area contributed by atoms with Gasteiger partial charge in [0, 0.05) is 51.1 Å². The number of nitrogens with zero attached hydrogens (tertiary/aromatic N) is 5. The smallest absolute Gasteiger partial charge is 0.316 e. The van der Waals surface area contributed by atoms with Gasteiger partial charge in [0.05, 0.1) is 30.1 Å². The Labute approximate surface area is 201 Å². The van der Waals surface area contributed by atoms with Gasteiger partial charge in [0.15, 0.2) is 5.69 Å². The average Bonchev–Trinajstić information content (AvgIpc) is 3.58.